The summed E-state index contributed by atoms with van der Waals surface area (Å²) in [4.78, 5) is 0. The molecule has 0 spiro atoms. The van der Waals surface area contributed by atoms with Gasteiger partial charge in [0.15, 0.2) is 0 Å². The average Bonchev–Trinajstić information content (AvgIpc) is 3.14. The van der Waals surface area contributed by atoms with E-state index in [9.17, 15) is 0 Å². The first-order chi connectivity index (χ1) is 9.80. The summed E-state index contributed by atoms with van der Waals surface area (Å²) in [5.41, 5.74) is 1.39. The summed E-state index contributed by atoms with van der Waals surface area (Å²) in [6, 6.07) is 0.509. The molecular formula is C17H29N3. The molecule has 3 heteroatoms. The van der Waals surface area contributed by atoms with E-state index in [1.807, 2.05) is 0 Å². The van der Waals surface area contributed by atoms with E-state index in [1.165, 1.54) is 37.7 Å². The number of aromatic nitrogens is 2. The van der Waals surface area contributed by atoms with E-state index < -0.39 is 0 Å². The zero-order valence-corrected chi connectivity index (χ0v) is 13.0. The normalized spacial score (nSPS) is 30.0. The predicted molar refractivity (Wildman–Crippen MR) is 82.5 cm³/mol. The average molecular weight is 275 g/mol. The number of hydrogen-bond donors (Lipinski definition) is 1. The van der Waals surface area contributed by atoms with Gasteiger partial charge in [-0.2, -0.15) is 5.10 Å². The lowest BCUT2D eigenvalue weighted by molar-refractivity contribution is 0.280. The highest BCUT2D eigenvalue weighted by Crippen LogP contribution is 2.50. The molecule has 4 atom stereocenters. The van der Waals surface area contributed by atoms with E-state index >= 15 is 0 Å². The predicted octanol–water partition coefficient (Wildman–Crippen LogP) is 3.77. The maximum absolute atomic E-state index is 4.51. The van der Waals surface area contributed by atoms with Crippen LogP contribution in [0, 0.1) is 17.8 Å². The van der Waals surface area contributed by atoms with Gasteiger partial charge in [-0.1, -0.05) is 20.3 Å². The summed E-state index contributed by atoms with van der Waals surface area (Å²) in [5.74, 6) is 3.02. The van der Waals surface area contributed by atoms with E-state index in [4.69, 9.17) is 0 Å². The van der Waals surface area contributed by atoms with Crippen molar-refractivity contribution in [2.24, 2.45) is 17.8 Å². The number of nitrogens with one attached hydrogen (secondary N) is 1. The van der Waals surface area contributed by atoms with Crippen molar-refractivity contribution >= 4 is 0 Å². The van der Waals surface area contributed by atoms with Gasteiger partial charge in [0.1, 0.15) is 0 Å². The Balaban J connectivity index is 1.65. The maximum atomic E-state index is 4.51. The standard InChI is InChI=1S/C17H29N3/c1-3-7-20-12-16(11-19-20)17(18-4-2)10-15-9-13-5-6-14(15)8-13/h11-15,17-18H,3-10H2,1-2H3. The van der Waals surface area contributed by atoms with E-state index in [0.717, 1.165) is 37.3 Å². The summed E-state index contributed by atoms with van der Waals surface area (Å²) >= 11 is 0. The van der Waals surface area contributed by atoms with Gasteiger partial charge in [0.25, 0.3) is 0 Å². The Hall–Kier alpha value is -0.830. The van der Waals surface area contributed by atoms with Crippen LogP contribution in [0.1, 0.15) is 64.0 Å². The largest absolute Gasteiger partial charge is 0.310 e. The number of aryl methyl sites for hydroxylation is 1. The number of rotatable bonds is 7. The summed E-state index contributed by atoms with van der Waals surface area (Å²) in [6.07, 6.45) is 12.8. The van der Waals surface area contributed by atoms with Gasteiger partial charge in [-0.15, -0.1) is 0 Å². The highest BCUT2D eigenvalue weighted by molar-refractivity contribution is 5.11. The first kappa shape index (κ1) is 14.1. The fourth-order valence-electron chi connectivity index (χ4n) is 4.46. The van der Waals surface area contributed by atoms with Crippen molar-refractivity contribution in [3.8, 4) is 0 Å². The second-order valence-corrected chi connectivity index (χ2v) is 6.82. The minimum absolute atomic E-state index is 0.509. The Morgan fingerprint density at radius 2 is 2.25 bits per heavy atom. The molecule has 2 aliphatic carbocycles. The van der Waals surface area contributed by atoms with Crippen molar-refractivity contribution in [3.63, 3.8) is 0 Å². The molecule has 2 fully saturated rings. The Kier molecular flexibility index (Phi) is 4.45. The fourth-order valence-corrected chi connectivity index (χ4v) is 4.46. The molecule has 0 aromatic carbocycles. The van der Waals surface area contributed by atoms with Gasteiger partial charge in [-0.25, -0.2) is 0 Å². The van der Waals surface area contributed by atoms with Crippen molar-refractivity contribution in [3.05, 3.63) is 18.0 Å². The first-order valence-corrected chi connectivity index (χ1v) is 8.55. The molecule has 0 amide bonds. The van der Waals surface area contributed by atoms with Crippen LogP contribution in [0.4, 0.5) is 0 Å². The second-order valence-electron chi connectivity index (χ2n) is 6.82. The second kappa shape index (κ2) is 6.30. The van der Waals surface area contributed by atoms with Gasteiger partial charge in [-0.05, 0) is 56.4 Å². The lowest BCUT2D eigenvalue weighted by Gasteiger charge is -2.26. The smallest absolute Gasteiger partial charge is 0.0537 e. The van der Waals surface area contributed by atoms with E-state index in [2.05, 4.69) is 41.3 Å². The van der Waals surface area contributed by atoms with Gasteiger partial charge in [0.05, 0.1) is 6.20 Å². The molecule has 1 aromatic rings. The van der Waals surface area contributed by atoms with Crippen molar-refractivity contribution in [1.29, 1.82) is 0 Å². The third-order valence-corrected chi connectivity index (χ3v) is 5.38. The zero-order chi connectivity index (χ0) is 13.9. The Labute approximate surface area is 123 Å². The molecule has 20 heavy (non-hydrogen) atoms. The molecular weight excluding hydrogens is 246 g/mol. The van der Waals surface area contributed by atoms with Crippen molar-refractivity contribution in [2.45, 2.75) is 65.0 Å². The van der Waals surface area contributed by atoms with E-state index in [-0.39, 0.29) is 0 Å². The third-order valence-electron chi connectivity index (χ3n) is 5.38. The van der Waals surface area contributed by atoms with Gasteiger partial charge < -0.3 is 5.32 Å². The topological polar surface area (TPSA) is 29.9 Å². The van der Waals surface area contributed by atoms with Gasteiger partial charge >= 0.3 is 0 Å². The van der Waals surface area contributed by atoms with E-state index in [1.54, 1.807) is 0 Å². The summed E-state index contributed by atoms with van der Waals surface area (Å²) in [7, 11) is 0. The van der Waals surface area contributed by atoms with Crippen LogP contribution >= 0.6 is 0 Å². The van der Waals surface area contributed by atoms with Crippen LogP contribution in [-0.2, 0) is 6.54 Å². The minimum atomic E-state index is 0.509. The molecule has 1 heterocycles. The molecule has 2 bridgehead atoms. The van der Waals surface area contributed by atoms with Crippen molar-refractivity contribution < 1.29 is 0 Å². The molecule has 0 aliphatic heterocycles. The van der Waals surface area contributed by atoms with Crippen LogP contribution < -0.4 is 5.32 Å². The van der Waals surface area contributed by atoms with Gasteiger partial charge in [0, 0.05) is 24.3 Å². The number of hydrogen-bond acceptors (Lipinski definition) is 2. The molecule has 1 aromatic heterocycles. The summed E-state index contributed by atoms with van der Waals surface area (Å²) in [5, 5.41) is 8.20. The van der Waals surface area contributed by atoms with Crippen LogP contribution in [-0.4, -0.2) is 16.3 Å². The molecule has 2 aliphatic rings. The molecule has 0 saturated heterocycles. The van der Waals surface area contributed by atoms with Crippen LogP contribution in [0.25, 0.3) is 0 Å². The van der Waals surface area contributed by atoms with Crippen LogP contribution in [0.5, 0.6) is 0 Å². The number of nitrogens with zero attached hydrogens (tertiary/aromatic N) is 2. The number of fused-ring (bicyclic) bond motifs is 2. The lowest BCUT2D eigenvalue weighted by atomic mass is 9.83. The first-order valence-electron chi connectivity index (χ1n) is 8.55. The Morgan fingerprint density at radius 3 is 2.90 bits per heavy atom. The third kappa shape index (κ3) is 2.93. The zero-order valence-electron chi connectivity index (χ0n) is 13.0. The highest BCUT2D eigenvalue weighted by Gasteiger charge is 2.40. The molecule has 4 unspecified atom stereocenters. The molecule has 112 valence electrons. The lowest BCUT2D eigenvalue weighted by Crippen LogP contribution is -2.25. The molecule has 2 saturated carbocycles. The van der Waals surface area contributed by atoms with Crippen LogP contribution in [0.2, 0.25) is 0 Å². The highest BCUT2D eigenvalue weighted by atomic mass is 15.3. The van der Waals surface area contributed by atoms with E-state index in [0.29, 0.717) is 6.04 Å². The maximum Gasteiger partial charge on any atom is 0.0537 e. The SMILES string of the molecule is CCCn1cc(C(CC2CC3CCC2C3)NCC)cn1. The molecule has 0 radical (unpaired) electrons. The van der Waals surface area contributed by atoms with Crippen molar-refractivity contribution in [2.75, 3.05) is 6.54 Å². The summed E-state index contributed by atoms with van der Waals surface area (Å²) < 4.78 is 2.10. The van der Waals surface area contributed by atoms with Crippen LogP contribution in [0.3, 0.4) is 0 Å². The molecule has 1 N–H and O–H groups in total. The van der Waals surface area contributed by atoms with Crippen LogP contribution in [0.15, 0.2) is 12.4 Å². The van der Waals surface area contributed by atoms with Gasteiger partial charge in [-0.3, -0.25) is 4.68 Å². The van der Waals surface area contributed by atoms with Crippen molar-refractivity contribution in [1.82, 2.24) is 15.1 Å². The monoisotopic (exact) mass is 275 g/mol. The van der Waals surface area contributed by atoms with Gasteiger partial charge in [0.2, 0.25) is 0 Å². The minimum Gasteiger partial charge on any atom is -0.310 e. The summed E-state index contributed by atoms with van der Waals surface area (Å²) in [6.45, 7) is 6.50. The fraction of sp³-hybridized carbons (Fsp3) is 0.824. The molecule has 3 rings (SSSR count). The Bertz CT molecular complexity index is 426. The Morgan fingerprint density at radius 1 is 1.35 bits per heavy atom. The molecule has 3 nitrogen and oxygen atoms in total. The quantitative estimate of drug-likeness (QED) is 0.821.